The van der Waals surface area contributed by atoms with Gasteiger partial charge >= 0.3 is 5.69 Å². The first-order valence-electron chi connectivity index (χ1n) is 6.36. The maximum absolute atomic E-state index is 11.3. The molecule has 0 aliphatic heterocycles. The van der Waals surface area contributed by atoms with Gasteiger partial charge in [0.2, 0.25) is 0 Å². The molecular formula is C15H14IN3O. The molecule has 0 aliphatic carbocycles. The van der Waals surface area contributed by atoms with Crippen LogP contribution in [-0.2, 0) is 0 Å². The van der Waals surface area contributed by atoms with Gasteiger partial charge in [0.15, 0.2) is 0 Å². The zero-order valence-corrected chi connectivity index (χ0v) is 13.1. The summed E-state index contributed by atoms with van der Waals surface area (Å²) in [6.45, 7) is 2.11. The van der Waals surface area contributed by atoms with E-state index in [0.29, 0.717) is 0 Å². The fourth-order valence-electron chi connectivity index (χ4n) is 2.21. The predicted molar refractivity (Wildman–Crippen MR) is 90.1 cm³/mol. The molecule has 0 saturated heterocycles. The summed E-state index contributed by atoms with van der Waals surface area (Å²) in [6.07, 6.45) is 0. The van der Waals surface area contributed by atoms with E-state index in [2.05, 4.69) is 56.9 Å². The van der Waals surface area contributed by atoms with Crippen molar-refractivity contribution in [1.29, 1.82) is 0 Å². The number of imidazole rings is 1. The Morgan fingerprint density at radius 2 is 1.85 bits per heavy atom. The van der Waals surface area contributed by atoms with Crippen LogP contribution in [-0.4, -0.2) is 9.97 Å². The number of hydrogen-bond acceptors (Lipinski definition) is 2. The number of aromatic nitrogens is 2. The van der Waals surface area contributed by atoms with Crippen molar-refractivity contribution in [2.45, 2.75) is 13.0 Å². The van der Waals surface area contributed by atoms with E-state index in [4.69, 9.17) is 0 Å². The summed E-state index contributed by atoms with van der Waals surface area (Å²) >= 11 is 2.32. The molecule has 0 radical (unpaired) electrons. The van der Waals surface area contributed by atoms with E-state index in [1.807, 2.05) is 30.3 Å². The number of hydrogen-bond donors (Lipinski definition) is 3. The van der Waals surface area contributed by atoms with Gasteiger partial charge in [-0.3, -0.25) is 0 Å². The van der Waals surface area contributed by atoms with Crippen molar-refractivity contribution >= 4 is 39.3 Å². The maximum Gasteiger partial charge on any atom is 0.323 e. The number of para-hydroxylation sites is 1. The minimum atomic E-state index is -0.171. The number of H-pyrrole nitrogens is 2. The van der Waals surface area contributed by atoms with Gasteiger partial charge in [0.1, 0.15) is 0 Å². The first kappa shape index (κ1) is 13.2. The molecule has 1 unspecified atom stereocenters. The summed E-state index contributed by atoms with van der Waals surface area (Å²) in [5.74, 6) is 0. The van der Waals surface area contributed by atoms with Crippen molar-refractivity contribution in [3.05, 3.63) is 62.1 Å². The van der Waals surface area contributed by atoms with E-state index in [0.717, 1.165) is 22.3 Å². The van der Waals surface area contributed by atoms with Gasteiger partial charge in [-0.2, -0.15) is 0 Å². The Morgan fingerprint density at radius 1 is 1.10 bits per heavy atom. The van der Waals surface area contributed by atoms with Crippen molar-refractivity contribution in [3.63, 3.8) is 0 Å². The lowest BCUT2D eigenvalue weighted by Crippen LogP contribution is -2.07. The van der Waals surface area contributed by atoms with Crippen molar-refractivity contribution < 1.29 is 0 Å². The average molecular weight is 379 g/mol. The standard InChI is InChI=1S/C15H14IN3O/c1-9(17-12-5-3-2-4-11(12)16)10-6-7-13-14(8-10)19-15(20)18-13/h2-9,17H,1H3,(H2,18,19,20). The molecule has 3 N–H and O–H groups in total. The first-order chi connectivity index (χ1) is 9.63. The second-order valence-electron chi connectivity index (χ2n) is 4.73. The third kappa shape index (κ3) is 2.58. The van der Waals surface area contributed by atoms with Crippen LogP contribution in [0.3, 0.4) is 0 Å². The Labute approximate surface area is 129 Å². The Bertz CT molecular complexity index is 806. The number of fused-ring (bicyclic) bond motifs is 1. The highest BCUT2D eigenvalue weighted by molar-refractivity contribution is 14.1. The molecule has 0 saturated carbocycles. The van der Waals surface area contributed by atoms with Gasteiger partial charge in [-0.1, -0.05) is 18.2 Å². The number of benzene rings is 2. The summed E-state index contributed by atoms with van der Waals surface area (Å²) in [7, 11) is 0. The Kier molecular flexibility index (Phi) is 3.52. The van der Waals surface area contributed by atoms with Crippen LogP contribution < -0.4 is 11.0 Å². The van der Waals surface area contributed by atoms with Crippen LogP contribution in [0.4, 0.5) is 5.69 Å². The molecule has 4 nitrogen and oxygen atoms in total. The maximum atomic E-state index is 11.3. The van der Waals surface area contributed by atoms with E-state index in [1.54, 1.807) is 0 Å². The zero-order valence-electron chi connectivity index (χ0n) is 10.9. The van der Waals surface area contributed by atoms with Gasteiger partial charge < -0.3 is 15.3 Å². The molecule has 1 aromatic heterocycles. The zero-order chi connectivity index (χ0) is 14.1. The van der Waals surface area contributed by atoms with Crippen LogP contribution >= 0.6 is 22.6 Å². The summed E-state index contributed by atoms with van der Waals surface area (Å²) in [4.78, 5) is 16.8. The lowest BCUT2D eigenvalue weighted by Gasteiger charge is -2.17. The molecule has 0 fully saturated rings. The van der Waals surface area contributed by atoms with Crippen molar-refractivity contribution in [2.75, 3.05) is 5.32 Å². The molecule has 102 valence electrons. The van der Waals surface area contributed by atoms with Gasteiger partial charge in [0.25, 0.3) is 0 Å². The monoisotopic (exact) mass is 379 g/mol. The van der Waals surface area contributed by atoms with E-state index in [-0.39, 0.29) is 11.7 Å². The molecular weight excluding hydrogens is 365 g/mol. The summed E-state index contributed by atoms with van der Waals surface area (Å²) in [6, 6.07) is 14.3. The lowest BCUT2D eigenvalue weighted by atomic mass is 10.1. The fraction of sp³-hybridized carbons (Fsp3) is 0.133. The van der Waals surface area contributed by atoms with Crippen LogP contribution in [0, 0.1) is 3.57 Å². The van der Waals surface area contributed by atoms with Crippen LogP contribution in [0.5, 0.6) is 0 Å². The molecule has 0 spiro atoms. The molecule has 1 heterocycles. The van der Waals surface area contributed by atoms with Gasteiger partial charge in [0.05, 0.1) is 11.0 Å². The van der Waals surface area contributed by atoms with Crippen LogP contribution in [0.1, 0.15) is 18.5 Å². The van der Waals surface area contributed by atoms with Crippen molar-refractivity contribution in [2.24, 2.45) is 0 Å². The van der Waals surface area contributed by atoms with Crippen LogP contribution in [0.25, 0.3) is 11.0 Å². The minimum absolute atomic E-state index is 0.161. The molecule has 3 rings (SSSR count). The highest BCUT2D eigenvalue weighted by atomic mass is 127. The molecule has 1 atom stereocenters. The molecule has 3 aromatic rings. The van der Waals surface area contributed by atoms with Gasteiger partial charge in [-0.15, -0.1) is 0 Å². The SMILES string of the molecule is CC(Nc1ccccc1I)c1ccc2[nH]c(=O)[nH]c2c1. The normalized spacial score (nSPS) is 12.5. The molecule has 0 amide bonds. The van der Waals surface area contributed by atoms with Crippen LogP contribution in [0.15, 0.2) is 47.3 Å². The highest BCUT2D eigenvalue weighted by Gasteiger charge is 2.08. The van der Waals surface area contributed by atoms with Gasteiger partial charge in [-0.05, 0) is 59.3 Å². The molecule has 2 aromatic carbocycles. The quantitative estimate of drug-likeness (QED) is 0.609. The fourth-order valence-corrected chi connectivity index (χ4v) is 2.76. The number of anilines is 1. The number of aromatic amines is 2. The van der Waals surface area contributed by atoms with Crippen molar-refractivity contribution in [1.82, 2.24) is 9.97 Å². The molecule has 0 aliphatic rings. The number of halogens is 1. The third-order valence-electron chi connectivity index (χ3n) is 3.29. The van der Waals surface area contributed by atoms with Crippen molar-refractivity contribution in [3.8, 4) is 0 Å². The Balaban J connectivity index is 1.90. The van der Waals surface area contributed by atoms with E-state index in [1.165, 1.54) is 3.57 Å². The third-order valence-corrected chi connectivity index (χ3v) is 4.23. The summed E-state index contributed by atoms with van der Waals surface area (Å²) in [5.41, 5.74) is 3.75. The minimum Gasteiger partial charge on any atom is -0.378 e. The van der Waals surface area contributed by atoms with Gasteiger partial charge in [0, 0.05) is 15.3 Å². The largest absolute Gasteiger partial charge is 0.378 e. The highest BCUT2D eigenvalue weighted by Crippen LogP contribution is 2.24. The first-order valence-corrected chi connectivity index (χ1v) is 7.44. The molecule has 20 heavy (non-hydrogen) atoms. The summed E-state index contributed by atoms with van der Waals surface area (Å²) in [5, 5.41) is 3.49. The Morgan fingerprint density at radius 3 is 2.65 bits per heavy atom. The van der Waals surface area contributed by atoms with E-state index >= 15 is 0 Å². The number of rotatable bonds is 3. The summed E-state index contributed by atoms with van der Waals surface area (Å²) < 4.78 is 1.19. The van der Waals surface area contributed by atoms with Crippen LogP contribution in [0.2, 0.25) is 0 Å². The smallest absolute Gasteiger partial charge is 0.323 e. The lowest BCUT2D eigenvalue weighted by molar-refractivity contribution is 0.885. The van der Waals surface area contributed by atoms with Gasteiger partial charge in [-0.25, -0.2) is 4.79 Å². The molecule has 5 heteroatoms. The average Bonchev–Trinajstić information content (AvgIpc) is 2.80. The second kappa shape index (κ2) is 5.32. The number of nitrogens with one attached hydrogen (secondary N) is 3. The van der Waals surface area contributed by atoms with E-state index < -0.39 is 0 Å². The topological polar surface area (TPSA) is 60.7 Å². The molecule has 0 bridgehead atoms. The second-order valence-corrected chi connectivity index (χ2v) is 5.89. The van der Waals surface area contributed by atoms with E-state index in [9.17, 15) is 4.79 Å². The predicted octanol–water partition coefficient (Wildman–Crippen LogP) is 3.63. The Hall–Kier alpha value is -1.76.